The molecule has 0 aliphatic carbocycles. The second-order valence-electron chi connectivity index (χ2n) is 12.4. The van der Waals surface area contributed by atoms with E-state index in [1.54, 1.807) is 12.4 Å². The third-order valence-electron chi connectivity index (χ3n) is 9.65. The van der Waals surface area contributed by atoms with E-state index in [1.807, 2.05) is 6.07 Å². The van der Waals surface area contributed by atoms with Gasteiger partial charge in [-0.3, -0.25) is 15.0 Å². The normalized spacial score (nSPS) is 26.1. The lowest BCUT2D eigenvalue weighted by atomic mass is 9.95. The molecule has 3 saturated heterocycles. The maximum atomic E-state index is 16.9. The fraction of sp³-hybridized carbons (Fsp3) is 0.548. The van der Waals surface area contributed by atoms with Crippen LogP contribution in [-0.2, 0) is 15.9 Å². The van der Waals surface area contributed by atoms with Gasteiger partial charge < -0.3 is 19.1 Å². The number of aromatic nitrogens is 5. The Bertz CT molecular complexity index is 1720. The van der Waals surface area contributed by atoms with Crippen molar-refractivity contribution < 1.29 is 23.0 Å². The van der Waals surface area contributed by atoms with Crippen molar-refractivity contribution in [2.24, 2.45) is 0 Å². The molecule has 1 N–H and O–H groups in total. The Morgan fingerprint density at radius 1 is 1.11 bits per heavy atom. The van der Waals surface area contributed by atoms with Gasteiger partial charge in [0, 0.05) is 61.4 Å². The van der Waals surface area contributed by atoms with E-state index >= 15 is 4.39 Å². The number of H-pyrrole nitrogens is 1. The van der Waals surface area contributed by atoms with Crippen molar-refractivity contribution in [1.82, 2.24) is 30.0 Å². The van der Waals surface area contributed by atoms with Gasteiger partial charge in [0.2, 0.25) is 0 Å². The molecule has 5 aliphatic heterocycles. The largest absolute Gasteiger partial charge is 0.461 e. The standard InChI is InChI=1S/C31H34ClF2N7O3/c32-23-11-24-21(14-36-39-24)25-20(23)3-1-8-42-9-4-19-16-40(7-10-43-19)29-22-13-35-28(25)26(34)27(22)37-30(38-29)44-17-31-5-2-6-41(31)15-18(33)12-31/h11,13-14,18-19H,1-10,12,15-17H2,(H,36,39)/t18-,19+,31+/m1/s1. The number of benzene rings is 1. The molecule has 3 atom stereocenters. The van der Waals surface area contributed by atoms with Gasteiger partial charge in [0.05, 0.1) is 35.3 Å². The Kier molecular flexibility index (Phi) is 7.27. The average Bonchev–Trinajstić information content (AvgIpc) is 3.72. The zero-order valence-electron chi connectivity index (χ0n) is 24.3. The van der Waals surface area contributed by atoms with E-state index in [0.29, 0.717) is 86.0 Å². The summed E-state index contributed by atoms with van der Waals surface area (Å²) in [5.41, 5.74) is 1.92. The van der Waals surface area contributed by atoms with Gasteiger partial charge in [0.15, 0.2) is 5.82 Å². The molecule has 13 heteroatoms. The molecule has 9 rings (SSSR count). The number of ether oxygens (including phenoxy) is 3. The molecule has 232 valence electrons. The van der Waals surface area contributed by atoms with Crippen LogP contribution in [0.2, 0.25) is 5.02 Å². The number of nitrogens with one attached hydrogen (secondary N) is 1. The van der Waals surface area contributed by atoms with Crippen LogP contribution in [-0.4, -0.2) is 100 Å². The molecule has 10 nitrogen and oxygen atoms in total. The van der Waals surface area contributed by atoms with Gasteiger partial charge in [-0.25, -0.2) is 8.78 Å². The number of pyridine rings is 1. The van der Waals surface area contributed by atoms with Crippen LogP contribution in [0.15, 0.2) is 18.5 Å². The lowest BCUT2D eigenvalue weighted by Gasteiger charge is -2.34. The average molecular weight is 626 g/mol. The second-order valence-corrected chi connectivity index (χ2v) is 12.8. The van der Waals surface area contributed by atoms with Crippen molar-refractivity contribution in [2.75, 3.05) is 57.5 Å². The SMILES string of the molecule is Fc1c2ncc3c(nc(OC[C@@]45CCCN4C[C@H](F)C5)nc13)N1CCO[C@@H](CCOCCCc3c(Cl)cc4[nH]ncc4c3-2)C1. The Hall–Kier alpha value is -3.19. The summed E-state index contributed by atoms with van der Waals surface area (Å²) < 4.78 is 49.7. The van der Waals surface area contributed by atoms with Crippen LogP contribution in [0.1, 0.15) is 37.7 Å². The van der Waals surface area contributed by atoms with Crippen LogP contribution >= 0.6 is 11.6 Å². The maximum Gasteiger partial charge on any atom is 0.319 e. The number of hydrogen-bond donors (Lipinski definition) is 1. The predicted molar refractivity (Wildman–Crippen MR) is 162 cm³/mol. The van der Waals surface area contributed by atoms with Crippen molar-refractivity contribution in [3.63, 3.8) is 0 Å². The maximum absolute atomic E-state index is 16.9. The predicted octanol–water partition coefficient (Wildman–Crippen LogP) is 4.87. The van der Waals surface area contributed by atoms with Gasteiger partial charge >= 0.3 is 6.01 Å². The van der Waals surface area contributed by atoms with Crippen LogP contribution < -0.4 is 9.64 Å². The van der Waals surface area contributed by atoms with Gasteiger partial charge in [-0.2, -0.15) is 15.1 Å². The highest BCUT2D eigenvalue weighted by Gasteiger charge is 2.49. The van der Waals surface area contributed by atoms with Crippen molar-refractivity contribution in [1.29, 1.82) is 0 Å². The third kappa shape index (κ3) is 4.86. The van der Waals surface area contributed by atoms with E-state index in [2.05, 4.69) is 30.0 Å². The zero-order valence-corrected chi connectivity index (χ0v) is 25.1. The molecule has 44 heavy (non-hydrogen) atoms. The highest BCUT2D eigenvalue weighted by molar-refractivity contribution is 6.33. The van der Waals surface area contributed by atoms with Gasteiger partial charge in [0.25, 0.3) is 0 Å². The van der Waals surface area contributed by atoms with E-state index in [0.717, 1.165) is 36.8 Å². The van der Waals surface area contributed by atoms with Gasteiger partial charge in [-0.05, 0) is 50.3 Å². The van der Waals surface area contributed by atoms with Gasteiger partial charge in [-0.15, -0.1) is 0 Å². The number of nitrogens with zero attached hydrogens (tertiary/aromatic N) is 6. The fourth-order valence-electron chi connectivity index (χ4n) is 7.52. The molecule has 0 unspecified atom stereocenters. The minimum Gasteiger partial charge on any atom is -0.461 e. The molecule has 0 spiro atoms. The second kappa shape index (κ2) is 11.3. The molecular formula is C31H34ClF2N7O3. The number of morpholine rings is 1. The summed E-state index contributed by atoms with van der Waals surface area (Å²) in [6, 6.07) is 1.88. The highest BCUT2D eigenvalue weighted by atomic mass is 35.5. The number of alkyl halides is 1. The Balaban J connectivity index is 1.28. The first kappa shape index (κ1) is 28.3. The molecule has 5 aliphatic rings. The lowest BCUT2D eigenvalue weighted by Crippen LogP contribution is -2.44. The first-order valence-corrected chi connectivity index (χ1v) is 15.8. The third-order valence-corrected chi connectivity index (χ3v) is 9.99. The zero-order chi connectivity index (χ0) is 29.8. The van der Waals surface area contributed by atoms with Crippen molar-refractivity contribution in [3.8, 4) is 17.3 Å². The van der Waals surface area contributed by atoms with Crippen molar-refractivity contribution in [3.05, 3.63) is 34.9 Å². The number of hydrogen-bond acceptors (Lipinski definition) is 9. The molecule has 8 heterocycles. The lowest BCUT2D eigenvalue weighted by molar-refractivity contribution is 0.0117. The minimum atomic E-state index is -0.884. The summed E-state index contributed by atoms with van der Waals surface area (Å²) >= 11 is 6.79. The minimum absolute atomic E-state index is 0.0688. The number of rotatable bonds is 3. The fourth-order valence-corrected chi connectivity index (χ4v) is 7.82. The summed E-state index contributed by atoms with van der Waals surface area (Å²) in [5, 5.41) is 8.88. The van der Waals surface area contributed by atoms with Crippen LogP contribution in [0.25, 0.3) is 33.1 Å². The van der Waals surface area contributed by atoms with Crippen molar-refractivity contribution in [2.45, 2.75) is 56.3 Å². The van der Waals surface area contributed by atoms with Gasteiger partial charge in [0.1, 0.15) is 29.8 Å². The van der Waals surface area contributed by atoms with E-state index in [9.17, 15) is 4.39 Å². The van der Waals surface area contributed by atoms with E-state index in [-0.39, 0.29) is 35.5 Å². The molecule has 3 aromatic heterocycles. The molecule has 3 fully saturated rings. The summed E-state index contributed by atoms with van der Waals surface area (Å²) in [5.74, 6) is -0.0416. The number of halogens is 3. The number of anilines is 1. The summed E-state index contributed by atoms with van der Waals surface area (Å²) in [4.78, 5) is 18.4. The van der Waals surface area contributed by atoms with E-state index in [1.165, 1.54) is 0 Å². The molecule has 0 radical (unpaired) electrons. The van der Waals surface area contributed by atoms with Crippen molar-refractivity contribution >= 4 is 39.2 Å². The van der Waals surface area contributed by atoms with Crippen LogP contribution in [0, 0.1) is 5.82 Å². The summed E-state index contributed by atoms with van der Waals surface area (Å²) in [6.45, 7) is 4.24. The molecule has 4 aromatic rings. The quantitative estimate of drug-likeness (QED) is 0.342. The Morgan fingerprint density at radius 2 is 2.05 bits per heavy atom. The summed E-state index contributed by atoms with van der Waals surface area (Å²) in [6.07, 6.45) is 6.61. The molecule has 0 saturated carbocycles. The molecular weight excluding hydrogens is 592 g/mol. The smallest absolute Gasteiger partial charge is 0.319 e. The number of fused-ring (bicyclic) bond motifs is 8. The monoisotopic (exact) mass is 625 g/mol. The van der Waals surface area contributed by atoms with E-state index in [4.69, 9.17) is 30.8 Å². The van der Waals surface area contributed by atoms with Gasteiger partial charge in [-0.1, -0.05) is 11.6 Å². The van der Waals surface area contributed by atoms with Crippen LogP contribution in [0.3, 0.4) is 0 Å². The van der Waals surface area contributed by atoms with E-state index < -0.39 is 12.0 Å². The summed E-state index contributed by atoms with van der Waals surface area (Å²) in [7, 11) is 0. The first-order valence-electron chi connectivity index (χ1n) is 15.5. The molecule has 1 aromatic carbocycles. The highest BCUT2D eigenvalue weighted by Crippen LogP contribution is 2.42. The Morgan fingerprint density at radius 3 is 2.98 bits per heavy atom. The number of aromatic amines is 1. The van der Waals surface area contributed by atoms with Crippen LogP contribution in [0.4, 0.5) is 14.6 Å². The van der Waals surface area contributed by atoms with Crippen LogP contribution in [0.5, 0.6) is 6.01 Å². The topological polar surface area (TPSA) is 102 Å². The Labute approximate surface area is 258 Å². The first-order chi connectivity index (χ1) is 21.5. The molecule has 6 bridgehead atoms. The molecule has 0 amide bonds.